The molecule has 0 aliphatic heterocycles. The zero-order valence-electron chi connectivity index (χ0n) is 17.5. The van der Waals surface area contributed by atoms with E-state index in [4.69, 9.17) is 0 Å². The average Bonchev–Trinajstić information content (AvgIpc) is 3.23. The summed E-state index contributed by atoms with van der Waals surface area (Å²) in [7, 11) is 0. The number of benzene rings is 3. The smallest absolute Gasteiger partial charge is 0.286 e. The lowest BCUT2D eigenvalue weighted by Crippen LogP contribution is -3.00. The van der Waals surface area contributed by atoms with Crippen LogP contribution in [0, 0.1) is 6.92 Å². The molecule has 0 radical (unpaired) electrons. The first-order chi connectivity index (χ1) is 15.2. The van der Waals surface area contributed by atoms with E-state index in [1.54, 1.807) is 0 Å². The van der Waals surface area contributed by atoms with Gasteiger partial charge in [-0.05, 0) is 47.0 Å². The van der Waals surface area contributed by atoms with Crippen molar-refractivity contribution in [1.29, 1.82) is 0 Å². The van der Waals surface area contributed by atoms with Gasteiger partial charge in [-0.1, -0.05) is 72.8 Å². The van der Waals surface area contributed by atoms with Crippen LogP contribution in [0.1, 0.15) is 16.1 Å². The molecule has 0 unspecified atom stereocenters. The molecule has 4 aromatic rings. The summed E-state index contributed by atoms with van der Waals surface area (Å²) in [4.78, 5) is 16.1. The number of nitrogens with one attached hydrogen (secondary N) is 3. The number of nitrogens with zero attached hydrogens (tertiary/aromatic N) is 1. The van der Waals surface area contributed by atoms with Crippen LogP contribution in [0.4, 0.5) is 11.5 Å². The van der Waals surface area contributed by atoms with Gasteiger partial charge in [-0.15, -0.1) is 0 Å². The molecule has 1 heterocycles. The van der Waals surface area contributed by atoms with E-state index in [0.29, 0.717) is 17.1 Å². The van der Waals surface area contributed by atoms with E-state index < -0.39 is 0 Å². The lowest BCUT2D eigenvalue weighted by molar-refractivity contribution is -0.355. The number of hydrogen-bond acceptors (Lipinski definition) is 3. The van der Waals surface area contributed by atoms with Crippen molar-refractivity contribution in [3.63, 3.8) is 0 Å². The number of para-hydroxylation sites is 1. The summed E-state index contributed by atoms with van der Waals surface area (Å²) >= 11 is 1.42. The third-order valence-electron chi connectivity index (χ3n) is 4.64. The van der Waals surface area contributed by atoms with Crippen LogP contribution in [0.2, 0.25) is 0 Å². The van der Waals surface area contributed by atoms with Crippen molar-refractivity contribution in [2.75, 3.05) is 11.1 Å². The summed E-state index contributed by atoms with van der Waals surface area (Å²) in [5, 5.41) is 11.2. The Morgan fingerprint density at radius 3 is 2.19 bits per heavy atom. The van der Waals surface area contributed by atoms with Crippen molar-refractivity contribution in [3.8, 4) is 11.1 Å². The van der Waals surface area contributed by atoms with E-state index in [1.807, 2.05) is 85.8 Å². The highest BCUT2D eigenvalue weighted by Gasteiger charge is 2.14. The molecule has 0 aliphatic rings. The molecule has 5 nitrogen and oxygen atoms in total. The molecule has 0 amide bonds. The highest BCUT2D eigenvalue weighted by atomic mass is 79.9. The molecule has 0 atom stereocenters. The Kier molecular flexibility index (Phi) is 8.41. The number of thioether (sulfide) groups is 1. The van der Waals surface area contributed by atoms with Gasteiger partial charge in [-0.2, -0.15) is 0 Å². The summed E-state index contributed by atoms with van der Waals surface area (Å²) in [5.41, 5.74) is 4.82. The minimum absolute atomic E-state index is 0. The zero-order chi connectivity index (χ0) is 21.5. The largest absolute Gasteiger partial charge is 1.00 e. The number of aromatic nitrogens is 2. The molecule has 4 rings (SSSR count). The fraction of sp³-hybridized carbons (Fsp3) is 0.0800. The van der Waals surface area contributed by atoms with Gasteiger partial charge in [-0.3, -0.25) is 10.1 Å². The number of halogens is 1. The van der Waals surface area contributed by atoms with Gasteiger partial charge in [0.25, 0.3) is 11.0 Å². The van der Waals surface area contributed by atoms with Gasteiger partial charge < -0.3 is 17.0 Å². The third-order valence-corrected chi connectivity index (χ3v) is 5.54. The van der Waals surface area contributed by atoms with Crippen LogP contribution in [0.15, 0.2) is 91.0 Å². The zero-order valence-corrected chi connectivity index (χ0v) is 19.9. The van der Waals surface area contributed by atoms with E-state index in [2.05, 4.69) is 32.6 Å². The molecule has 162 valence electrons. The van der Waals surface area contributed by atoms with E-state index in [9.17, 15) is 4.79 Å². The van der Waals surface area contributed by atoms with Crippen molar-refractivity contribution < 1.29 is 26.8 Å². The standard InChI is InChI=1S/C25H22N4OS.BrH/c1-18-16-24(29-28-18)27-25(26-22-10-6-3-7-11-22)31-17-23(30)21-14-12-20(13-15-21)19-8-4-2-5-9-19;/h2-16H,17H2,1H3,(H2,26,27,28,29);1H. The maximum Gasteiger partial charge on any atom is 0.286 e. The summed E-state index contributed by atoms with van der Waals surface area (Å²) in [6.45, 7) is 1.94. The SMILES string of the molecule is Cc1cc([NH+]=C(Nc2ccccc2)SCC(=O)c2ccc(-c3ccccc3)cc2)n[nH]1.[Br-]. The van der Waals surface area contributed by atoms with Crippen molar-refractivity contribution >= 4 is 34.2 Å². The monoisotopic (exact) mass is 506 g/mol. The molecular formula is C25H23BrN4OS. The fourth-order valence-electron chi connectivity index (χ4n) is 3.05. The van der Waals surface area contributed by atoms with Crippen LogP contribution in [-0.2, 0) is 0 Å². The quantitative estimate of drug-likeness (QED) is 0.208. The first-order valence-corrected chi connectivity index (χ1v) is 11.0. The number of amidine groups is 1. The van der Waals surface area contributed by atoms with Gasteiger partial charge in [0.05, 0.1) is 17.1 Å². The topological polar surface area (TPSA) is 71.8 Å². The molecule has 0 bridgehead atoms. The molecule has 3 N–H and O–H groups in total. The Labute approximate surface area is 202 Å². The first-order valence-electron chi connectivity index (χ1n) is 9.97. The lowest BCUT2D eigenvalue weighted by Gasteiger charge is -2.06. The maximum atomic E-state index is 12.8. The highest BCUT2D eigenvalue weighted by Crippen LogP contribution is 2.20. The molecule has 3 aromatic carbocycles. The van der Waals surface area contributed by atoms with Crippen molar-refractivity contribution in [1.82, 2.24) is 10.2 Å². The normalized spacial score (nSPS) is 11.0. The average molecular weight is 507 g/mol. The molecule has 0 saturated carbocycles. The number of aromatic amines is 1. The fourth-order valence-corrected chi connectivity index (χ4v) is 3.86. The van der Waals surface area contributed by atoms with E-state index in [0.717, 1.165) is 27.7 Å². The summed E-state index contributed by atoms with van der Waals surface area (Å²) in [6, 6.07) is 29.6. The van der Waals surface area contributed by atoms with Crippen molar-refractivity contribution in [2.24, 2.45) is 0 Å². The van der Waals surface area contributed by atoms with Gasteiger partial charge in [0.2, 0.25) is 0 Å². The molecule has 0 fully saturated rings. The van der Waals surface area contributed by atoms with E-state index in [1.165, 1.54) is 11.8 Å². The number of Topliss-reactive ketones (excluding diaryl/α,β-unsaturated/α-hetero) is 1. The van der Waals surface area contributed by atoms with E-state index >= 15 is 0 Å². The number of anilines is 1. The van der Waals surface area contributed by atoms with Gasteiger partial charge in [0.15, 0.2) is 5.78 Å². The predicted molar refractivity (Wildman–Crippen MR) is 128 cm³/mol. The third kappa shape index (κ3) is 6.42. The van der Waals surface area contributed by atoms with Gasteiger partial charge in [-0.25, -0.2) is 10.1 Å². The molecule has 0 saturated heterocycles. The Bertz CT molecular complexity index is 1180. The molecule has 1 aromatic heterocycles. The molecular weight excluding hydrogens is 484 g/mol. The van der Waals surface area contributed by atoms with Gasteiger partial charge in [0, 0.05) is 11.6 Å². The number of rotatable bonds is 6. The highest BCUT2D eigenvalue weighted by molar-refractivity contribution is 8.14. The number of carbonyl (C=O) groups is 1. The lowest BCUT2D eigenvalue weighted by atomic mass is 10.0. The summed E-state index contributed by atoms with van der Waals surface area (Å²) < 4.78 is 0. The predicted octanol–water partition coefficient (Wildman–Crippen LogP) is 1.19. The van der Waals surface area contributed by atoms with Gasteiger partial charge >= 0.3 is 0 Å². The molecule has 0 aliphatic carbocycles. The Balaban J connectivity index is 0.00000289. The first kappa shape index (κ1) is 23.5. The van der Waals surface area contributed by atoms with Crippen molar-refractivity contribution in [2.45, 2.75) is 6.92 Å². The Morgan fingerprint density at radius 1 is 0.938 bits per heavy atom. The van der Waals surface area contributed by atoms with Crippen molar-refractivity contribution in [3.05, 3.63) is 102 Å². The second-order valence-corrected chi connectivity index (χ2v) is 8.02. The van der Waals surface area contributed by atoms with Crippen LogP contribution >= 0.6 is 11.8 Å². The Hall–Kier alpha value is -3.16. The second kappa shape index (κ2) is 11.5. The minimum Gasteiger partial charge on any atom is -1.00 e. The van der Waals surface area contributed by atoms with E-state index in [-0.39, 0.29) is 22.8 Å². The number of H-pyrrole nitrogens is 1. The molecule has 32 heavy (non-hydrogen) atoms. The molecule has 0 spiro atoms. The number of ketones is 1. The summed E-state index contributed by atoms with van der Waals surface area (Å²) in [5.74, 6) is 1.07. The van der Waals surface area contributed by atoms with Crippen LogP contribution in [-0.4, -0.2) is 26.9 Å². The number of aryl methyl sites for hydroxylation is 1. The minimum atomic E-state index is 0. The molecule has 7 heteroatoms. The summed E-state index contributed by atoms with van der Waals surface area (Å²) in [6.07, 6.45) is 0. The van der Waals surface area contributed by atoms with Gasteiger partial charge in [0.1, 0.15) is 0 Å². The number of carbonyl (C=O) groups excluding carboxylic acids is 1. The van der Waals surface area contributed by atoms with Crippen LogP contribution in [0.25, 0.3) is 11.1 Å². The maximum absolute atomic E-state index is 12.8. The van der Waals surface area contributed by atoms with Crippen LogP contribution in [0.3, 0.4) is 0 Å². The second-order valence-electron chi connectivity index (χ2n) is 7.04. The Morgan fingerprint density at radius 2 is 1.56 bits per heavy atom. The van der Waals surface area contributed by atoms with Crippen LogP contribution in [0.5, 0.6) is 0 Å². The van der Waals surface area contributed by atoms with Crippen LogP contribution < -0.4 is 27.3 Å². The number of hydrogen-bond donors (Lipinski definition) is 3.